The van der Waals surface area contributed by atoms with Gasteiger partial charge in [-0.2, -0.15) is 0 Å². The van der Waals surface area contributed by atoms with Gasteiger partial charge < -0.3 is 5.32 Å². The van der Waals surface area contributed by atoms with Crippen molar-refractivity contribution in [2.75, 3.05) is 0 Å². The van der Waals surface area contributed by atoms with Crippen LogP contribution >= 0.6 is 0 Å². The first kappa shape index (κ1) is 14.4. The van der Waals surface area contributed by atoms with E-state index in [1.807, 2.05) is 18.2 Å². The van der Waals surface area contributed by atoms with Crippen molar-refractivity contribution in [1.82, 2.24) is 5.32 Å². The maximum Gasteiger partial charge on any atom is 0.222 e. The zero-order valence-electron chi connectivity index (χ0n) is 10.8. The smallest absolute Gasteiger partial charge is 0.222 e. The second-order valence-electron chi connectivity index (χ2n) is 4.45. The van der Waals surface area contributed by atoms with Gasteiger partial charge in [-0.25, -0.2) is 0 Å². The molecule has 1 radical (unpaired) electrons. The summed E-state index contributed by atoms with van der Waals surface area (Å²) < 4.78 is 0. The summed E-state index contributed by atoms with van der Waals surface area (Å²) in [4.78, 5) is 21.6. The van der Waals surface area contributed by atoms with Gasteiger partial charge in [0.2, 0.25) is 12.2 Å². The predicted molar refractivity (Wildman–Crippen MR) is 71.9 cm³/mol. The number of nitrogens with one attached hydrogen (secondary N) is 1. The lowest BCUT2D eigenvalue weighted by Crippen LogP contribution is -2.33. The topological polar surface area (TPSA) is 46.2 Å². The summed E-state index contributed by atoms with van der Waals surface area (Å²) in [5.41, 5.74) is 1.34. The Labute approximate surface area is 109 Å². The largest absolute Gasteiger partial charge is 0.346 e. The Morgan fingerprint density at radius 1 is 1.22 bits per heavy atom. The third-order valence-electron chi connectivity index (χ3n) is 2.77. The molecule has 0 aliphatic rings. The molecule has 0 heterocycles. The van der Waals surface area contributed by atoms with Crippen LogP contribution in [0, 0.1) is 0 Å². The highest BCUT2D eigenvalue weighted by Crippen LogP contribution is 2.07. The quantitative estimate of drug-likeness (QED) is 0.716. The molecule has 97 valence electrons. The van der Waals surface area contributed by atoms with Crippen LogP contribution in [-0.4, -0.2) is 18.2 Å². The van der Waals surface area contributed by atoms with E-state index in [-0.39, 0.29) is 5.91 Å². The molecule has 3 heteroatoms. The highest BCUT2D eigenvalue weighted by molar-refractivity contribution is 5.79. The molecule has 3 nitrogen and oxygen atoms in total. The Morgan fingerprint density at radius 2 is 1.94 bits per heavy atom. The molecule has 1 aromatic carbocycles. The lowest BCUT2D eigenvalue weighted by atomic mass is 10.1. The van der Waals surface area contributed by atoms with Gasteiger partial charge in [-0.1, -0.05) is 36.8 Å². The Balaban J connectivity index is 2.05. The Hall–Kier alpha value is -1.64. The van der Waals surface area contributed by atoms with Crippen molar-refractivity contribution in [1.29, 1.82) is 0 Å². The van der Waals surface area contributed by atoms with Crippen molar-refractivity contribution in [2.24, 2.45) is 0 Å². The van der Waals surface area contributed by atoms with E-state index in [4.69, 9.17) is 0 Å². The number of unbranched alkanes of at least 4 members (excludes halogenated alkanes) is 2. The molecule has 0 saturated carbocycles. The molecule has 1 atom stereocenters. The molecule has 0 aliphatic heterocycles. The van der Waals surface area contributed by atoms with Gasteiger partial charge in [0, 0.05) is 6.42 Å². The maximum absolute atomic E-state index is 11.4. The van der Waals surface area contributed by atoms with Gasteiger partial charge in [0.1, 0.15) is 0 Å². The highest BCUT2D eigenvalue weighted by Gasteiger charge is 2.05. The lowest BCUT2D eigenvalue weighted by Gasteiger charge is -2.06. The second-order valence-corrected chi connectivity index (χ2v) is 4.45. The van der Waals surface area contributed by atoms with Gasteiger partial charge in [0.25, 0.3) is 0 Å². The fourth-order valence-corrected chi connectivity index (χ4v) is 1.78. The van der Waals surface area contributed by atoms with E-state index in [1.165, 1.54) is 5.56 Å². The molecular formula is C15H20NO2. The number of carbonyl (C=O) groups is 1. The van der Waals surface area contributed by atoms with Crippen LogP contribution < -0.4 is 5.32 Å². The van der Waals surface area contributed by atoms with E-state index >= 15 is 0 Å². The first-order valence-corrected chi connectivity index (χ1v) is 6.43. The molecule has 1 rings (SSSR count). The third kappa shape index (κ3) is 6.18. The molecule has 0 aliphatic carbocycles. The van der Waals surface area contributed by atoms with E-state index in [9.17, 15) is 9.59 Å². The van der Waals surface area contributed by atoms with Gasteiger partial charge in [-0.15, -0.1) is 0 Å². The summed E-state index contributed by atoms with van der Waals surface area (Å²) in [5, 5.41) is 2.58. The summed E-state index contributed by atoms with van der Waals surface area (Å²) in [7, 11) is 0. The molecule has 0 unspecified atom stereocenters. The first-order valence-electron chi connectivity index (χ1n) is 6.43. The van der Waals surface area contributed by atoms with E-state index in [2.05, 4.69) is 17.4 Å². The van der Waals surface area contributed by atoms with E-state index < -0.39 is 6.04 Å². The van der Waals surface area contributed by atoms with Gasteiger partial charge >= 0.3 is 0 Å². The molecule has 1 aromatic rings. The van der Waals surface area contributed by atoms with Crippen molar-refractivity contribution in [3.05, 3.63) is 35.9 Å². The van der Waals surface area contributed by atoms with Crippen LogP contribution in [0.25, 0.3) is 0 Å². The van der Waals surface area contributed by atoms with E-state index in [0.717, 1.165) is 25.7 Å². The van der Waals surface area contributed by atoms with Gasteiger partial charge in [-0.05, 0) is 31.7 Å². The SMILES string of the molecule is C[C@@H]([C]=O)NC(=O)CCCCCc1ccccc1. The number of rotatable bonds is 8. The normalized spacial score (nSPS) is 11.8. The second kappa shape index (κ2) is 8.45. The molecule has 1 N–H and O–H groups in total. The Bertz CT molecular complexity index is 362. The lowest BCUT2D eigenvalue weighted by molar-refractivity contribution is -0.121. The van der Waals surface area contributed by atoms with Crippen LogP contribution in [0.5, 0.6) is 0 Å². The molecule has 0 bridgehead atoms. The van der Waals surface area contributed by atoms with Crippen LogP contribution in [0.3, 0.4) is 0 Å². The van der Waals surface area contributed by atoms with E-state index in [0.29, 0.717) is 6.42 Å². The fourth-order valence-electron chi connectivity index (χ4n) is 1.78. The van der Waals surface area contributed by atoms with Crippen molar-refractivity contribution in [2.45, 2.75) is 45.1 Å². The molecule has 0 aromatic heterocycles. The predicted octanol–water partition coefficient (Wildman–Crippen LogP) is 2.40. The van der Waals surface area contributed by atoms with Crippen LogP contribution in [0.2, 0.25) is 0 Å². The van der Waals surface area contributed by atoms with Crippen molar-refractivity contribution in [3.63, 3.8) is 0 Å². The van der Waals surface area contributed by atoms with Crippen molar-refractivity contribution >= 4 is 12.2 Å². The zero-order chi connectivity index (χ0) is 13.2. The minimum atomic E-state index is -0.498. The zero-order valence-corrected chi connectivity index (χ0v) is 10.8. The average Bonchev–Trinajstić information content (AvgIpc) is 2.39. The molecular weight excluding hydrogens is 226 g/mol. The monoisotopic (exact) mass is 246 g/mol. The van der Waals surface area contributed by atoms with Gasteiger partial charge in [0.05, 0.1) is 6.04 Å². The average molecular weight is 246 g/mol. The molecule has 0 spiro atoms. The number of carbonyl (C=O) groups excluding carboxylic acids is 2. The minimum absolute atomic E-state index is 0.0643. The number of amides is 1. The molecule has 0 fully saturated rings. The Morgan fingerprint density at radius 3 is 2.61 bits per heavy atom. The summed E-state index contributed by atoms with van der Waals surface area (Å²) in [6.07, 6.45) is 6.26. The third-order valence-corrected chi connectivity index (χ3v) is 2.77. The van der Waals surface area contributed by atoms with Crippen LogP contribution in [-0.2, 0) is 16.0 Å². The van der Waals surface area contributed by atoms with Gasteiger partial charge in [0.15, 0.2) is 0 Å². The van der Waals surface area contributed by atoms with Crippen molar-refractivity contribution < 1.29 is 9.59 Å². The van der Waals surface area contributed by atoms with Crippen molar-refractivity contribution in [3.8, 4) is 0 Å². The summed E-state index contributed by atoms with van der Waals surface area (Å²) in [6.45, 7) is 1.63. The van der Waals surface area contributed by atoms with Crippen LogP contribution in [0.1, 0.15) is 38.2 Å². The summed E-state index contributed by atoms with van der Waals surface area (Å²) in [6, 6.07) is 9.84. The number of aryl methyl sites for hydroxylation is 1. The maximum atomic E-state index is 11.4. The van der Waals surface area contributed by atoms with Gasteiger partial charge in [-0.3, -0.25) is 9.59 Å². The molecule has 18 heavy (non-hydrogen) atoms. The van der Waals surface area contributed by atoms with E-state index in [1.54, 1.807) is 13.2 Å². The summed E-state index contributed by atoms with van der Waals surface area (Å²) >= 11 is 0. The molecule has 0 saturated heterocycles. The summed E-state index contributed by atoms with van der Waals surface area (Å²) in [5.74, 6) is -0.0643. The standard InChI is InChI=1S/C15H20NO2/c1-13(12-17)16-15(18)11-7-3-6-10-14-8-4-2-5-9-14/h2,4-5,8-9,13H,3,6-7,10-11H2,1H3,(H,16,18)/t13-/m0/s1. The number of hydrogen-bond acceptors (Lipinski definition) is 2. The number of hydrogen-bond donors (Lipinski definition) is 1. The minimum Gasteiger partial charge on any atom is -0.346 e. The van der Waals surface area contributed by atoms with Crippen LogP contribution in [0.4, 0.5) is 0 Å². The highest BCUT2D eigenvalue weighted by atomic mass is 16.2. The fraction of sp³-hybridized carbons (Fsp3) is 0.467. The first-order chi connectivity index (χ1) is 8.72. The van der Waals surface area contributed by atoms with Crippen LogP contribution in [0.15, 0.2) is 30.3 Å². The Kier molecular flexibility index (Phi) is 6.77. The molecule has 1 amide bonds. The number of benzene rings is 1.